The van der Waals surface area contributed by atoms with E-state index in [0.717, 1.165) is 36.2 Å². The van der Waals surface area contributed by atoms with Crippen LogP contribution < -0.4 is 0 Å². The summed E-state index contributed by atoms with van der Waals surface area (Å²) < 4.78 is 41.6. The minimum Gasteiger partial charge on any atom is -0.298 e. The lowest BCUT2D eigenvalue weighted by Crippen LogP contribution is -2.34. The van der Waals surface area contributed by atoms with Gasteiger partial charge >= 0.3 is 0 Å². The van der Waals surface area contributed by atoms with Crippen molar-refractivity contribution in [2.45, 2.75) is 25.3 Å². The molecule has 1 saturated heterocycles. The molecule has 0 radical (unpaired) electrons. The summed E-state index contributed by atoms with van der Waals surface area (Å²) in [6.07, 6.45) is 3.57. The van der Waals surface area contributed by atoms with E-state index in [1.54, 1.807) is 12.3 Å². The van der Waals surface area contributed by atoms with E-state index < -0.39 is 11.6 Å². The molecular formula is C21H20F3N3. The largest absolute Gasteiger partial charge is 0.298 e. The molecule has 1 atom stereocenters. The van der Waals surface area contributed by atoms with Gasteiger partial charge in [-0.3, -0.25) is 10.00 Å². The van der Waals surface area contributed by atoms with E-state index in [-0.39, 0.29) is 23.8 Å². The first-order valence-electron chi connectivity index (χ1n) is 9.06. The number of piperidine rings is 1. The second-order valence-electron chi connectivity index (χ2n) is 6.98. The SMILES string of the molecule is Fc1cccc(-c2cn[nH]c2C2CCCN(Cc3c(F)cccc3F)C2)c1. The van der Waals surface area contributed by atoms with Gasteiger partial charge in [0.15, 0.2) is 0 Å². The molecule has 140 valence electrons. The van der Waals surface area contributed by atoms with E-state index in [9.17, 15) is 13.2 Å². The topological polar surface area (TPSA) is 31.9 Å². The average Bonchev–Trinajstić information content (AvgIpc) is 3.15. The first-order chi connectivity index (χ1) is 13.1. The highest BCUT2D eigenvalue weighted by atomic mass is 19.1. The lowest BCUT2D eigenvalue weighted by molar-refractivity contribution is 0.194. The zero-order valence-electron chi connectivity index (χ0n) is 14.8. The molecule has 1 aromatic heterocycles. The van der Waals surface area contributed by atoms with E-state index in [1.165, 1.54) is 30.3 Å². The summed E-state index contributed by atoms with van der Waals surface area (Å²) in [7, 11) is 0. The Bertz CT molecular complexity index is 918. The Labute approximate surface area is 155 Å². The van der Waals surface area contributed by atoms with Gasteiger partial charge in [0.05, 0.1) is 6.20 Å². The zero-order chi connectivity index (χ0) is 18.8. The molecule has 1 fully saturated rings. The number of hydrogen-bond donors (Lipinski definition) is 1. The van der Waals surface area contributed by atoms with Crippen LogP contribution >= 0.6 is 0 Å². The van der Waals surface area contributed by atoms with Gasteiger partial charge < -0.3 is 0 Å². The van der Waals surface area contributed by atoms with Gasteiger partial charge in [0, 0.05) is 35.8 Å². The molecule has 0 spiro atoms. The van der Waals surface area contributed by atoms with E-state index in [1.807, 2.05) is 6.07 Å². The molecule has 1 aliphatic rings. The molecule has 0 bridgehead atoms. The number of nitrogens with zero attached hydrogens (tertiary/aromatic N) is 2. The van der Waals surface area contributed by atoms with Crippen LogP contribution in [0.3, 0.4) is 0 Å². The van der Waals surface area contributed by atoms with E-state index in [2.05, 4.69) is 15.1 Å². The van der Waals surface area contributed by atoms with Crippen LogP contribution in [0.1, 0.15) is 30.0 Å². The Kier molecular flexibility index (Phi) is 4.99. The second-order valence-corrected chi connectivity index (χ2v) is 6.98. The van der Waals surface area contributed by atoms with Crippen molar-refractivity contribution in [2.24, 2.45) is 0 Å². The van der Waals surface area contributed by atoms with Crippen molar-refractivity contribution in [3.8, 4) is 11.1 Å². The van der Waals surface area contributed by atoms with Crippen LogP contribution in [0, 0.1) is 17.5 Å². The fourth-order valence-corrected chi connectivity index (χ4v) is 3.84. The standard InChI is InChI=1S/C21H20F3N3/c22-16-6-1-4-14(10-16)17-11-25-26-21(17)15-5-3-9-27(12-15)13-18-19(23)7-2-8-20(18)24/h1-2,4,6-8,10-11,15H,3,5,9,12-13H2,(H,25,26). The van der Waals surface area contributed by atoms with Gasteiger partial charge in [0.1, 0.15) is 17.5 Å². The van der Waals surface area contributed by atoms with Crippen molar-refractivity contribution in [3.05, 3.63) is 77.4 Å². The van der Waals surface area contributed by atoms with Gasteiger partial charge in [-0.25, -0.2) is 13.2 Å². The summed E-state index contributed by atoms with van der Waals surface area (Å²) in [6, 6.07) is 10.4. The van der Waals surface area contributed by atoms with Gasteiger partial charge in [-0.15, -0.1) is 0 Å². The van der Waals surface area contributed by atoms with Gasteiger partial charge in [0.25, 0.3) is 0 Å². The smallest absolute Gasteiger partial charge is 0.130 e. The molecule has 4 rings (SSSR count). The third kappa shape index (κ3) is 3.76. The molecule has 1 N–H and O–H groups in total. The summed E-state index contributed by atoms with van der Waals surface area (Å²) >= 11 is 0. The Hall–Kier alpha value is -2.60. The van der Waals surface area contributed by atoms with E-state index in [0.29, 0.717) is 6.54 Å². The van der Waals surface area contributed by atoms with Crippen LogP contribution in [0.15, 0.2) is 48.7 Å². The van der Waals surface area contributed by atoms with E-state index in [4.69, 9.17) is 0 Å². The fraction of sp³-hybridized carbons (Fsp3) is 0.286. The number of hydrogen-bond acceptors (Lipinski definition) is 2. The number of halogens is 3. The second kappa shape index (κ2) is 7.56. The van der Waals surface area contributed by atoms with Gasteiger partial charge in [-0.2, -0.15) is 5.10 Å². The summed E-state index contributed by atoms with van der Waals surface area (Å²) in [6.45, 7) is 1.68. The quantitative estimate of drug-likeness (QED) is 0.709. The molecule has 3 aromatic rings. The summed E-state index contributed by atoms with van der Waals surface area (Å²) in [5.41, 5.74) is 2.70. The highest BCUT2D eigenvalue weighted by Crippen LogP contribution is 2.33. The molecule has 6 heteroatoms. The van der Waals surface area contributed by atoms with Crippen molar-refractivity contribution in [1.82, 2.24) is 15.1 Å². The van der Waals surface area contributed by atoms with Crippen LogP contribution in [-0.4, -0.2) is 28.2 Å². The molecule has 0 amide bonds. The third-order valence-electron chi connectivity index (χ3n) is 5.16. The van der Waals surface area contributed by atoms with Crippen molar-refractivity contribution in [2.75, 3.05) is 13.1 Å². The first kappa shape index (κ1) is 17.8. The van der Waals surface area contributed by atoms with Gasteiger partial charge in [0.2, 0.25) is 0 Å². The molecule has 2 heterocycles. The lowest BCUT2D eigenvalue weighted by Gasteiger charge is -2.32. The summed E-state index contributed by atoms with van der Waals surface area (Å²) in [4.78, 5) is 2.06. The number of H-pyrrole nitrogens is 1. The van der Waals surface area contributed by atoms with Crippen molar-refractivity contribution >= 4 is 0 Å². The number of aromatic amines is 1. The molecule has 0 aliphatic carbocycles. The predicted molar refractivity (Wildman–Crippen MR) is 97.6 cm³/mol. The van der Waals surface area contributed by atoms with Crippen molar-refractivity contribution in [3.63, 3.8) is 0 Å². The molecule has 1 unspecified atom stereocenters. The normalized spacial score (nSPS) is 18.0. The Morgan fingerprint density at radius 1 is 1.07 bits per heavy atom. The summed E-state index contributed by atoms with van der Waals surface area (Å²) in [5, 5.41) is 7.21. The number of benzene rings is 2. The zero-order valence-corrected chi connectivity index (χ0v) is 14.8. The van der Waals surface area contributed by atoms with Crippen molar-refractivity contribution in [1.29, 1.82) is 0 Å². The highest BCUT2D eigenvalue weighted by Gasteiger charge is 2.26. The molecule has 3 nitrogen and oxygen atoms in total. The van der Waals surface area contributed by atoms with Crippen LogP contribution in [0.2, 0.25) is 0 Å². The van der Waals surface area contributed by atoms with Crippen LogP contribution in [0.25, 0.3) is 11.1 Å². The first-order valence-corrected chi connectivity index (χ1v) is 9.06. The number of nitrogens with one attached hydrogen (secondary N) is 1. The average molecular weight is 371 g/mol. The Morgan fingerprint density at radius 3 is 2.63 bits per heavy atom. The number of likely N-dealkylation sites (tertiary alicyclic amines) is 1. The predicted octanol–water partition coefficient (Wildman–Crippen LogP) is 4.87. The maximum absolute atomic E-state index is 14.0. The molecule has 0 saturated carbocycles. The Morgan fingerprint density at radius 2 is 1.85 bits per heavy atom. The van der Waals surface area contributed by atoms with Crippen LogP contribution in [-0.2, 0) is 6.54 Å². The lowest BCUT2D eigenvalue weighted by atomic mass is 9.90. The molecular weight excluding hydrogens is 351 g/mol. The molecule has 1 aliphatic heterocycles. The minimum atomic E-state index is -0.515. The molecule has 2 aromatic carbocycles. The fourth-order valence-electron chi connectivity index (χ4n) is 3.84. The monoisotopic (exact) mass is 371 g/mol. The number of aromatic nitrogens is 2. The maximum atomic E-state index is 14.0. The van der Waals surface area contributed by atoms with Crippen LogP contribution in [0.4, 0.5) is 13.2 Å². The van der Waals surface area contributed by atoms with Gasteiger partial charge in [-0.05, 0) is 49.2 Å². The maximum Gasteiger partial charge on any atom is 0.130 e. The van der Waals surface area contributed by atoms with E-state index >= 15 is 0 Å². The Balaban J connectivity index is 1.55. The third-order valence-corrected chi connectivity index (χ3v) is 5.16. The van der Waals surface area contributed by atoms with Crippen LogP contribution in [0.5, 0.6) is 0 Å². The summed E-state index contributed by atoms with van der Waals surface area (Å²) in [5.74, 6) is -1.17. The number of rotatable bonds is 4. The molecule has 27 heavy (non-hydrogen) atoms. The minimum absolute atomic E-state index is 0.105. The highest BCUT2D eigenvalue weighted by molar-refractivity contribution is 5.65. The van der Waals surface area contributed by atoms with Gasteiger partial charge in [-0.1, -0.05) is 18.2 Å². The van der Waals surface area contributed by atoms with Crippen molar-refractivity contribution < 1.29 is 13.2 Å².